The summed E-state index contributed by atoms with van der Waals surface area (Å²) in [4.78, 5) is 14.0. The number of rotatable bonds is 2. The maximum atomic E-state index is 12.1. The lowest BCUT2D eigenvalue weighted by Gasteiger charge is -2.18. The molecule has 19 heavy (non-hydrogen) atoms. The van der Waals surface area contributed by atoms with Gasteiger partial charge in [-0.3, -0.25) is 4.79 Å². The van der Waals surface area contributed by atoms with Crippen LogP contribution >= 0.6 is 23.2 Å². The minimum absolute atomic E-state index is 0.0537. The number of carbonyl (C=O) groups excluding carboxylic acids is 1. The van der Waals surface area contributed by atoms with Crippen LogP contribution in [-0.2, 0) is 4.79 Å². The Balaban J connectivity index is 2.05. The summed E-state index contributed by atoms with van der Waals surface area (Å²) in [6.45, 7) is 1.71. The van der Waals surface area contributed by atoms with Gasteiger partial charge in [0, 0.05) is 19.2 Å². The van der Waals surface area contributed by atoms with E-state index in [1.807, 2.05) is 17.0 Å². The highest BCUT2D eigenvalue weighted by molar-refractivity contribution is 6.42. The Hall–Kier alpha value is -0.990. The van der Waals surface area contributed by atoms with Crippen molar-refractivity contribution in [3.8, 4) is 0 Å². The minimum atomic E-state index is 0.0537. The van der Waals surface area contributed by atoms with Crippen LogP contribution in [0.2, 0.25) is 10.0 Å². The van der Waals surface area contributed by atoms with Crippen LogP contribution in [0, 0.1) is 0 Å². The second-order valence-corrected chi connectivity index (χ2v) is 5.50. The predicted molar refractivity (Wildman–Crippen MR) is 80.5 cm³/mol. The van der Waals surface area contributed by atoms with E-state index in [4.69, 9.17) is 23.2 Å². The molecule has 0 N–H and O–H groups in total. The predicted octanol–water partition coefficient (Wildman–Crippen LogP) is 4.41. The molecule has 0 aromatic heterocycles. The highest BCUT2D eigenvalue weighted by Crippen LogP contribution is 2.26. The largest absolute Gasteiger partial charge is 0.339 e. The molecule has 0 saturated carbocycles. The normalized spacial score (nSPS) is 16.6. The lowest BCUT2D eigenvalue weighted by atomic mass is 10.2. The third kappa shape index (κ3) is 3.99. The molecule has 1 aliphatic rings. The van der Waals surface area contributed by atoms with E-state index in [1.165, 1.54) is 12.8 Å². The quantitative estimate of drug-likeness (QED) is 0.741. The Morgan fingerprint density at radius 2 is 1.79 bits per heavy atom. The molecule has 4 heteroatoms. The third-order valence-electron chi connectivity index (χ3n) is 3.30. The van der Waals surface area contributed by atoms with E-state index in [0.29, 0.717) is 10.0 Å². The van der Waals surface area contributed by atoms with Crippen LogP contribution in [0.25, 0.3) is 6.08 Å². The number of halogens is 2. The van der Waals surface area contributed by atoms with Crippen LogP contribution in [-0.4, -0.2) is 23.9 Å². The Morgan fingerprint density at radius 1 is 1.11 bits per heavy atom. The van der Waals surface area contributed by atoms with Gasteiger partial charge < -0.3 is 4.90 Å². The molecular weight excluding hydrogens is 281 g/mol. The first-order chi connectivity index (χ1) is 9.18. The smallest absolute Gasteiger partial charge is 0.246 e. The van der Waals surface area contributed by atoms with Crippen molar-refractivity contribution in [3.05, 3.63) is 39.9 Å². The summed E-state index contributed by atoms with van der Waals surface area (Å²) in [7, 11) is 0. The van der Waals surface area contributed by atoms with Gasteiger partial charge in [0.05, 0.1) is 10.0 Å². The molecular formula is C15H17Cl2NO. The van der Waals surface area contributed by atoms with Crippen LogP contribution in [0.4, 0.5) is 0 Å². The average Bonchev–Trinajstić information content (AvgIpc) is 2.69. The topological polar surface area (TPSA) is 20.3 Å². The summed E-state index contributed by atoms with van der Waals surface area (Å²) in [6, 6.07) is 5.41. The summed E-state index contributed by atoms with van der Waals surface area (Å²) in [5.74, 6) is 0.0537. The van der Waals surface area contributed by atoms with Gasteiger partial charge in [0.25, 0.3) is 0 Å². The van der Waals surface area contributed by atoms with Crippen LogP contribution in [0.3, 0.4) is 0 Å². The van der Waals surface area contributed by atoms with E-state index in [0.717, 1.165) is 31.5 Å². The molecule has 1 aliphatic heterocycles. The number of benzene rings is 1. The lowest BCUT2D eigenvalue weighted by molar-refractivity contribution is -0.125. The average molecular weight is 298 g/mol. The molecule has 102 valence electrons. The van der Waals surface area contributed by atoms with Crippen LogP contribution in [0.1, 0.15) is 31.2 Å². The summed E-state index contributed by atoms with van der Waals surface area (Å²) in [5, 5.41) is 0.995. The number of hydrogen-bond acceptors (Lipinski definition) is 1. The Kier molecular flexibility index (Phi) is 5.29. The van der Waals surface area contributed by atoms with Gasteiger partial charge in [0.1, 0.15) is 0 Å². The SMILES string of the molecule is O=C(/C=C\c1cccc(Cl)c1Cl)N1CCCCCC1. The van der Waals surface area contributed by atoms with Gasteiger partial charge in [-0.25, -0.2) is 0 Å². The summed E-state index contributed by atoms with van der Waals surface area (Å²) in [5.41, 5.74) is 0.775. The molecule has 0 atom stereocenters. The molecule has 2 rings (SSSR count). The Labute approximate surface area is 124 Å². The first-order valence-electron chi connectivity index (χ1n) is 6.59. The van der Waals surface area contributed by atoms with Gasteiger partial charge in [-0.2, -0.15) is 0 Å². The molecule has 2 nitrogen and oxygen atoms in total. The molecule has 0 unspecified atom stereocenters. The lowest BCUT2D eigenvalue weighted by Crippen LogP contribution is -2.30. The van der Waals surface area contributed by atoms with Gasteiger partial charge in [0.2, 0.25) is 5.91 Å². The second-order valence-electron chi connectivity index (χ2n) is 4.72. The maximum Gasteiger partial charge on any atom is 0.246 e. The molecule has 1 fully saturated rings. The van der Waals surface area contributed by atoms with Crippen molar-refractivity contribution in [2.45, 2.75) is 25.7 Å². The Morgan fingerprint density at radius 3 is 2.47 bits per heavy atom. The van der Waals surface area contributed by atoms with Gasteiger partial charge in [-0.15, -0.1) is 0 Å². The van der Waals surface area contributed by atoms with Crippen molar-refractivity contribution in [1.29, 1.82) is 0 Å². The molecule has 1 aromatic carbocycles. The van der Waals surface area contributed by atoms with Crippen molar-refractivity contribution >= 4 is 35.2 Å². The zero-order valence-corrected chi connectivity index (χ0v) is 12.3. The highest BCUT2D eigenvalue weighted by Gasteiger charge is 2.12. The number of amides is 1. The number of hydrogen-bond donors (Lipinski definition) is 0. The number of carbonyl (C=O) groups is 1. The van der Waals surface area contributed by atoms with Crippen molar-refractivity contribution in [2.75, 3.05) is 13.1 Å². The van der Waals surface area contributed by atoms with Crippen molar-refractivity contribution in [1.82, 2.24) is 4.90 Å². The molecule has 1 aromatic rings. The monoisotopic (exact) mass is 297 g/mol. The van der Waals surface area contributed by atoms with E-state index >= 15 is 0 Å². The van der Waals surface area contributed by atoms with Crippen molar-refractivity contribution < 1.29 is 4.79 Å². The first kappa shape index (κ1) is 14.4. The third-order valence-corrected chi connectivity index (χ3v) is 4.14. The van der Waals surface area contributed by atoms with Crippen molar-refractivity contribution in [3.63, 3.8) is 0 Å². The fraction of sp³-hybridized carbons (Fsp3) is 0.400. The molecule has 1 saturated heterocycles. The van der Waals surface area contributed by atoms with Gasteiger partial charge in [-0.1, -0.05) is 48.2 Å². The van der Waals surface area contributed by atoms with Crippen LogP contribution in [0.15, 0.2) is 24.3 Å². The van der Waals surface area contributed by atoms with E-state index in [2.05, 4.69) is 0 Å². The van der Waals surface area contributed by atoms with E-state index in [-0.39, 0.29) is 5.91 Å². The molecule has 0 radical (unpaired) electrons. The first-order valence-corrected chi connectivity index (χ1v) is 7.35. The second kappa shape index (κ2) is 6.97. The fourth-order valence-electron chi connectivity index (χ4n) is 2.21. The highest BCUT2D eigenvalue weighted by atomic mass is 35.5. The van der Waals surface area contributed by atoms with Gasteiger partial charge in [0.15, 0.2) is 0 Å². The molecule has 0 bridgehead atoms. The zero-order chi connectivity index (χ0) is 13.7. The number of nitrogens with zero attached hydrogens (tertiary/aromatic N) is 1. The summed E-state index contributed by atoms with van der Waals surface area (Å²) < 4.78 is 0. The van der Waals surface area contributed by atoms with Gasteiger partial charge in [-0.05, 0) is 30.5 Å². The summed E-state index contributed by atoms with van der Waals surface area (Å²) >= 11 is 12.0. The van der Waals surface area contributed by atoms with Gasteiger partial charge >= 0.3 is 0 Å². The molecule has 0 aliphatic carbocycles. The maximum absolute atomic E-state index is 12.1. The molecule has 1 amide bonds. The fourth-order valence-corrected chi connectivity index (χ4v) is 2.58. The Bertz CT molecular complexity index is 477. The number of likely N-dealkylation sites (tertiary alicyclic amines) is 1. The minimum Gasteiger partial charge on any atom is -0.339 e. The van der Waals surface area contributed by atoms with Crippen molar-refractivity contribution in [2.24, 2.45) is 0 Å². The van der Waals surface area contributed by atoms with Crippen LogP contribution in [0.5, 0.6) is 0 Å². The van der Waals surface area contributed by atoms with E-state index in [1.54, 1.807) is 18.2 Å². The van der Waals surface area contributed by atoms with Crippen LogP contribution < -0.4 is 0 Å². The molecule has 0 spiro atoms. The van der Waals surface area contributed by atoms with E-state index < -0.39 is 0 Å². The summed E-state index contributed by atoms with van der Waals surface area (Å²) in [6.07, 6.45) is 7.94. The molecule has 1 heterocycles. The van der Waals surface area contributed by atoms with E-state index in [9.17, 15) is 4.79 Å². The zero-order valence-electron chi connectivity index (χ0n) is 10.7. The standard InChI is InChI=1S/C15H17Cl2NO/c16-13-7-5-6-12(15(13)17)8-9-14(19)18-10-3-1-2-4-11-18/h5-9H,1-4,10-11H2/b9-8-.